The molecule has 0 aliphatic rings. The monoisotopic (exact) mass is 373 g/mol. The second-order valence-corrected chi connectivity index (χ2v) is 5.49. The smallest absolute Gasteiger partial charge is 0.169 e. The van der Waals surface area contributed by atoms with Crippen LogP contribution in [0.4, 0.5) is 0 Å². The van der Waals surface area contributed by atoms with E-state index in [1.165, 1.54) is 0 Å². The van der Waals surface area contributed by atoms with E-state index >= 15 is 0 Å². The van der Waals surface area contributed by atoms with E-state index in [2.05, 4.69) is 15.9 Å². The third-order valence-corrected chi connectivity index (χ3v) is 3.65. The van der Waals surface area contributed by atoms with Gasteiger partial charge in [0.2, 0.25) is 0 Å². The fourth-order valence-electron chi connectivity index (χ4n) is 1.97. The molecule has 1 aromatic heterocycles. The molecule has 0 amide bonds. The highest BCUT2D eigenvalue weighted by Gasteiger charge is 2.19. The molecular weight excluding hydrogens is 358 g/mol. The Morgan fingerprint density at radius 2 is 1.81 bits per heavy atom. The third kappa shape index (κ3) is 3.73. The normalized spacial score (nSPS) is 12.2. The van der Waals surface area contributed by atoms with Gasteiger partial charge in [-0.3, -0.25) is 0 Å². The molecule has 6 heteroatoms. The second kappa shape index (κ2) is 7.20. The summed E-state index contributed by atoms with van der Waals surface area (Å²) in [5.41, 5.74) is 6.95. The predicted molar refractivity (Wildman–Crippen MR) is 86.2 cm³/mol. The number of hydrogen-bond acceptors (Lipinski definition) is 4. The van der Waals surface area contributed by atoms with E-state index in [1.807, 2.05) is 19.9 Å². The van der Waals surface area contributed by atoms with Crippen LogP contribution < -0.4 is 15.2 Å². The van der Waals surface area contributed by atoms with Crippen LogP contribution in [-0.4, -0.2) is 13.2 Å². The van der Waals surface area contributed by atoms with Crippen molar-refractivity contribution in [3.05, 3.63) is 45.3 Å². The van der Waals surface area contributed by atoms with Crippen LogP contribution in [0, 0.1) is 0 Å². The Morgan fingerprint density at radius 3 is 2.33 bits per heavy atom. The van der Waals surface area contributed by atoms with E-state index < -0.39 is 6.04 Å². The first-order valence-electron chi connectivity index (χ1n) is 6.66. The van der Waals surface area contributed by atoms with Crippen molar-refractivity contribution in [2.24, 2.45) is 5.73 Å². The van der Waals surface area contributed by atoms with E-state index in [4.69, 9.17) is 31.2 Å². The Labute approximate surface area is 137 Å². The maximum atomic E-state index is 6.32. The van der Waals surface area contributed by atoms with Gasteiger partial charge in [0.25, 0.3) is 0 Å². The van der Waals surface area contributed by atoms with Crippen LogP contribution >= 0.6 is 27.5 Å². The topological polar surface area (TPSA) is 57.6 Å². The predicted octanol–water partition coefficient (Wildman–Crippen LogP) is 4.54. The minimum absolute atomic E-state index is 0.473. The van der Waals surface area contributed by atoms with E-state index in [-0.39, 0.29) is 0 Å². The first kappa shape index (κ1) is 16.2. The van der Waals surface area contributed by atoms with Crippen LogP contribution in [0.15, 0.2) is 33.4 Å². The SMILES string of the molecule is CCOc1cc(Cl)c(C(N)c2ccc(Br)o2)cc1OCC. The average molecular weight is 375 g/mol. The van der Waals surface area contributed by atoms with Crippen LogP contribution in [0.3, 0.4) is 0 Å². The average Bonchev–Trinajstić information content (AvgIpc) is 2.88. The summed E-state index contributed by atoms with van der Waals surface area (Å²) in [6, 6.07) is 6.66. The molecular formula is C15H17BrClNO3. The summed E-state index contributed by atoms with van der Waals surface area (Å²) in [7, 11) is 0. The van der Waals surface area contributed by atoms with Gasteiger partial charge in [0.1, 0.15) is 5.76 Å². The number of rotatable bonds is 6. The molecule has 2 N–H and O–H groups in total. The molecule has 4 nitrogen and oxygen atoms in total. The largest absolute Gasteiger partial charge is 0.490 e. The summed E-state index contributed by atoms with van der Waals surface area (Å²) in [4.78, 5) is 0. The van der Waals surface area contributed by atoms with E-state index in [0.29, 0.717) is 40.2 Å². The first-order valence-corrected chi connectivity index (χ1v) is 7.83. The number of hydrogen-bond donors (Lipinski definition) is 1. The van der Waals surface area contributed by atoms with E-state index in [1.54, 1.807) is 18.2 Å². The van der Waals surface area contributed by atoms with Crippen molar-refractivity contribution in [3.63, 3.8) is 0 Å². The molecule has 0 aliphatic carbocycles. The highest BCUT2D eigenvalue weighted by atomic mass is 79.9. The number of ether oxygens (including phenoxy) is 2. The van der Waals surface area contributed by atoms with Crippen LogP contribution in [0.5, 0.6) is 11.5 Å². The maximum Gasteiger partial charge on any atom is 0.169 e. The number of halogens is 2. The van der Waals surface area contributed by atoms with Crippen molar-refractivity contribution < 1.29 is 13.9 Å². The molecule has 0 aliphatic heterocycles. The molecule has 1 aromatic carbocycles. The lowest BCUT2D eigenvalue weighted by molar-refractivity contribution is 0.287. The lowest BCUT2D eigenvalue weighted by Gasteiger charge is -2.17. The van der Waals surface area contributed by atoms with Gasteiger partial charge in [-0.05, 0) is 53.5 Å². The molecule has 1 atom stereocenters. The summed E-state index contributed by atoms with van der Waals surface area (Å²) in [5, 5.41) is 0.516. The van der Waals surface area contributed by atoms with Gasteiger partial charge >= 0.3 is 0 Å². The van der Waals surface area contributed by atoms with Crippen molar-refractivity contribution in [2.45, 2.75) is 19.9 Å². The Morgan fingerprint density at radius 1 is 1.19 bits per heavy atom. The molecule has 1 unspecified atom stereocenters. The van der Waals surface area contributed by atoms with Gasteiger partial charge in [0, 0.05) is 11.1 Å². The molecule has 0 radical (unpaired) electrons. The summed E-state index contributed by atoms with van der Waals surface area (Å²) >= 11 is 9.58. The van der Waals surface area contributed by atoms with Gasteiger partial charge in [-0.2, -0.15) is 0 Å². The number of benzene rings is 1. The zero-order chi connectivity index (χ0) is 15.4. The zero-order valence-corrected chi connectivity index (χ0v) is 14.2. The molecule has 21 heavy (non-hydrogen) atoms. The van der Waals surface area contributed by atoms with Gasteiger partial charge < -0.3 is 19.6 Å². The fraction of sp³-hybridized carbons (Fsp3) is 0.333. The summed E-state index contributed by atoms with van der Waals surface area (Å²) < 4.78 is 17.2. The number of furan rings is 1. The maximum absolute atomic E-state index is 6.32. The van der Waals surface area contributed by atoms with E-state index in [0.717, 1.165) is 5.56 Å². The van der Waals surface area contributed by atoms with Crippen molar-refractivity contribution in [1.82, 2.24) is 0 Å². The van der Waals surface area contributed by atoms with Gasteiger partial charge in [0.15, 0.2) is 16.2 Å². The molecule has 0 saturated carbocycles. The van der Waals surface area contributed by atoms with Crippen molar-refractivity contribution in [2.75, 3.05) is 13.2 Å². The Hall–Kier alpha value is -1.17. The Bertz CT molecular complexity index is 615. The van der Waals surface area contributed by atoms with Crippen LogP contribution in [-0.2, 0) is 0 Å². The lowest BCUT2D eigenvalue weighted by Crippen LogP contribution is -2.12. The minimum atomic E-state index is -0.473. The molecule has 0 saturated heterocycles. The molecule has 2 rings (SSSR count). The molecule has 0 fully saturated rings. The standard InChI is InChI=1S/C15H17BrClNO3/c1-3-19-12-7-9(10(17)8-13(12)20-4-2)15(18)11-5-6-14(16)21-11/h5-8,15H,3-4,18H2,1-2H3. The summed E-state index contributed by atoms with van der Waals surface area (Å²) in [5.74, 6) is 1.86. The lowest BCUT2D eigenvalue weighted by atomic mass is 10.0. The van der Waals surface area contributed by atoms with Crippen LogP contribution in [0.25, 0.3) is 0 Å². The van der Waals surface area contributed by atoms with Crippen molar-refractivity contribution >= 4 is 27.5 Å². The van der Waals surface area contributed by atoms with Gasteiger partial charge in [-0.1, -0.05) is 11.6 Å². The Kier molecular flexibility index (Phi) is 5.56. The summed E-state index contributed by atoms with van der Waals surface area (Å²) in [6.07, 6.45) is 0. The second-order valence-electron chi connectivity index (χ2n) is 4.31. The van der Waals surface area contributed by atoms with Crippen LogP contribution in [0.2, 0.25) is 5.02 Å². The molecule has 2 aromatic rings. The highest BCUT2D eigenvalue weighted by Crippen LogP contribution is 2.38. The number of nitrogens with two attached hydrogens (primary N) is 1. The molecule has 0 spiro atoms. The van der Waals surface area contributed by atoms with Crippen LogP contribution in [0.1, 0.15) is 31.2 Å². The van der Waals surface area contributed by atoms with Gasteiger partial charge in [-0.25, -0.2) is 0 Å². The van der Waals surface area contributed by atoms with E-state index in [9.17, 15) is 0 Å². The first-order chi connectivity index (χ1) is 10.1. The van der Waals surface area contributed by atoms with Crippen molar-refractivity contribution in [3.8, 4) is 11.5 Å². The molecule has 0 bridgehead atoms. The molecule has 114 valence electrons. The Balaban J connectivity index is 2.40. The third-order valence-electron chi connectivity index (χ3n) is 2.90. The van der Waals surface area contributed by atoms with Crippen molar-refractivity contribution in [1.29, 1.82) is 0 Å². The quantitative estimate of drug-likeness (QED) is 0.806. The highest BCUT2D eigenvalue weighted by molar-refractivity contribution is 9.10. The minimum Gasteiger partial charge on any atom is -0.490 e. The molecule has 1 heterocycles. The fourth-order valence-corrected chi connectivity index (χ4v) is 2.56. The van der Waals surface area contributed by atoms with Gasteiger partial charge in [0.05, 0.1) is 19.3 Å². The van der Waals surface area contributed by atoms with Gasteiger partial charge in [-0.15, -0.1) is 0 Å². The summed E-state index contributed by atoms with van der Waals surface area (Å²) in [6.45, 7) is 4.88. The zero-order valence-electron chi connectivity index (χ0n) is 11.9.